The number of anilines is 2. The first-order valence-electron chi connectivity index (χ1n) is 11.5. The molecular weight excluding hydrogens is 456 g/mol. The predicted octanol–water partition coefficient (Wildman–Crippen LogP) is 4.17. The highest BCUT2D eigenvalue weighted by Crippen LogP contribution is 2.28. The fourth-order valence-corrected chi connectivity index (χ4v) is 4.32. The molecule has 5 aromatic rings. The van der Waals surface area contributed by atoms with Crippen molar-refractivity contribution in [3.8, 4) is 17.7 Å². The lowest BCUT2D eigenvalue weighted by Gasteiger charge is -2.24. The van der Waals surface area contributed by atoms with Gasteiger partial charge in [-0.15, -0.1) is 0 Å². The molecule has 1 aliphatic rings. The van der Waals surface area contributed by atoms with Crippen molar-refractivity contribution in [1.82, 2.24) is 29.3 Å². The minimum Gasteiger partial charge on any atom is -0.380 e. The Morgan fingerprint density at radius 2 is 2.06 bits per heavy atom. The number of benzene rings is 1. The summed E-state index contributed by atoms with van der Waals surface area (Å²) in [6, 6.07) is 17.2. The van der Waals surface area contributed by atoms with Crippen LogP contribution in [0.5, 0.6) is 0 Å². The number of imidazole rings is 1. The van der Waals surface area contributed by atoms with E-state index in [0.717, 1.165) is 35.8 Å². The molecular formula is C26H22N8O2. The minimum atomic E-state index is -0.138. The zero-order chi connectivity index (χ0) is 24.8. The van der Waals surface area contributed by atoms with Crippen LogP contribution in [0, 0.1) is 18.3 Å². The fourth-order valence-electron chi connectivity index (χ4n) is 4.32. The zero-order valence-electron chi connectivity index (χ0n) is 19.7. The summed E-state index contributed by atoms with van der Waals surface area (Å²) in [5.41, 5.74) is 5.12. The summed E-state index contributed by atoms with van der Waals surface area (Å²) in [5, 5.41) is 16.9. The molecule has 0 bridgehead atoms. The first-order valence-corrected chi connectivity index (χ1v) is 11.5. The third-order valence-electron chi connectivity index (χ3n) is 6.30. The molecule has 0 unspecified atom stereocenters. The summed E-state index contributed by atoms with van der Waals surface area (Å²) in [6.07, 6.45) is 1.70. The van der Waals surface area contributed by atoms with Gasteiger partial charge in [0.1, 0.15) is 24.0 Å². The first kappa shape index (κ1) is 21.8. The van der Waals surface area contributed by atoms with E-state index in [-0.39, 0.29) is 11.5 Å². The number of H-pyrrole nitrogens is 1. The Morgan fingerprint density at radius 3 is 2.78 bits per heavy atom. The molecule has 6 rings (SSSR count). The van der Waals surface area contributed by atoms with Gasteiger partial charge in [0, 0.05) is 23.0 Å². The molecule has 0 spiro atoms. The van der Waals surface area contributed by atoms with Crippen LogP contribution in [-0.4, -0.2) is 48.3 Å². The maximum Gasteiger partial charge on any atom is 0.166 e. The third-order valence-corrected chi connectivity index (χ3v) is 6.30. The van der Waals surface area contributed by atoms with Crippen LogP contribution in [0.1, 0.15) is 40.3 Å². The van der Waals surface area contributed by atoms with Crippen LogP contribution in [0.4, 0.5) is 11.5 Å². The van der Waals surface area contributed by atoms with E-state index in [1.807, 2.05) is 41.8 Å². The molecule has 0 saturated carbocycles. The van der Waals surface area contributed by atoms with E-state index in [0.29, 0.717) is 28.8 Å². The fraction of sp³-hybridized carbons (Fsp3) is 0.192. The Hall–Kier alpha value is -4.75. The van der Waals surface area contributed by atoms with Gasteiger partial charge in [-0.3, -0.25) is 9.36 Å². The number of pyridine rings is 1. The third kappa shape index (κ3) is 3.72. The number of nitrogens with zero attached hydrogens (tertiary/aromatic N) is 6. The summed E-state index contributed by atoms with van der Waals surface area (Å²) in [4.78, 5) is 25.0. The van der Waals surface area contributed by atoms with Gasteiger partial charge in [-0.2, -0.15) is 10.4 Å². The standard InChI is InChI=1S/C26H22N8O2/c1-15-9-19(11-27)32-34(15)26-20(16(2)35)4-8-25(31-26)33-14-28-22-10-18(3-6-23(22)33)29-24-7-5-21(30-24)17-12-36-13-17/h3-10,14,17,29-30H,12-13H2,1-2H3. The number of carbonyl (C=O) groups is 1. The van der Waals surface area contributed by atoms with Crippen LogP contribution < -0.4 is 5.32 Å². The van der Waals surface area contributed by atoms with Gasteiger partial charge in [0.2, 0.25) is 0 Å². The Kier molecular flexibility index (Phi) is 5.13. The van der Waals surface area contributed by atoms with Crippen molar-refractivity contribution in [2.75, 3.05) is 18.5 Å². The lowest BCUT2D eigenvalue weighted by molar-refractivity contribution is 0.00695. The first-order chi connectivity index (χ1) is 17.5. The summed E-state index contributed by atoms with van der Waals surface area (Å²) < 4.78 is 8.67. The topological polar surface area (TPSA) is 126 Å². The summed E-state index contributed by atoms with van der Waals surface area (Å²) in [5.74, 6) is 2.17. The second-order valence-corrected chi connectivity index (χ2v) is 8.80. The van der Waals surface area contributed by atoms with E-state index in [2.05, 4.69) is 26.4 Å². The van der Waals surface area contributed by atoms with Crippen LogP contribution >= 0.6 is 0 Å². The Bertz CT molecular complexity index is 1660. The number of fused-ring (bicyclic) bond motifs is 1. The van der Waals surface area contributed by atoms with Gasteiger partial charge in [0.05, 0.1) is 29.8 Å². The molecule has 0 aliphatic carbocycles. The molecule has 1 aromatic carbocycles. The average Bonchev–Trinajstić information content (AvgIpc) is 3.56. The van der Waals surface area contributed by atoms with Crippen LogP contribution in [-0.2, 0) is 4.74 Å². The number of ketones is 1. The highest BCUT2D eigenvalue weighted by molar-refractivity contribution is 5.97. The van der Waals surface area contributed by atoms with Crippen molar-refractivity contribution in [1.29, 1.82) is 5.26 Å². The number of Topliss-reactive ketones (excluding diaryl/α,β-unsaturated/α-hetero) is 1. The molecule has 2 N–H and O–H groups in total. The lowest BCUT2D eigenvalue weighted by Crippen LogP contribution is -2.25. The molecule has 178 valence electrons. The molecule has 1 fully saturated rings. The van der Waals surface area contributed by atoms with E-state index in [1.54, 1.807) is 24.5 Å². The summed E-state index contributed by atoms with van der Waals surface area (Å²) in [7, 11) is 0. The van der Waals surface area contributed by atoms with Crippen LogP contribution in [0.3, 0.4) is 0 Å². The molecule has 36 heavy (non-hydrogen) atoms. The highest BCUT2D eigenvalue weighted by atomic mass is 16.5. The number of ether oxygens (including phenoxy) is 1. The number of hydrogen-bond donors (Lipinski definition) is 2. The van der Waals surface area contributed by atoms with E-state index < -0.39 is 0 Å². The van der Waals surface area contributed by atoms with Crippen molar-refractivity contribution in [2.45, 2.75) is 19.8 Å². The minimum absolute atomic E-state index is 0.138. The number of aromatic nitrogens is 6. The summed E-state index contributed by atoms with van der Waals surface area (Å²) >= 11 is 0. The van der Waals surface area contributed by atoms with Gasteiger partial charge in [0.15, 0.2) is 17.3 Å². The van der Waals surface area contributed by atoms with Gasteiger partial charge in [-0.05, 0) is 62.4 Å². The van der Waals surface area contributed by atoms with Crippen molar-refractivity contribution < 1.29 is 9.53 Å². The molecule has 10 heteroatoms. The number of nitriles is 1. The average molecular weight is 479 g/mol. The second kappa shape index (κ2) is 8.48. The summed E-state index contributed by atoms with van der Waals surface area (Å²) in [6.45, 7) is 4.82. The van der Waals surface area contributed by atoms with Gasteiger partial charge in [-0.1, -0.05) is 0 Å². The Balaban J connectivity index is 1.34. The molecule has 5 heterocycles. The van der Waals surface area contributed by atoms with Crippen molar-refractivity contribution in [3.63, 3.8) is 0 Å². The SMILES string of the molecule is CC(=O)c1ccc(-n2cnc3cc(Nc4ccc(C5COC5)[nH]4)ccc32)nc1-n1nc(C#N)cc1C. The second-order valence-electron chi connectivity index (χ2n) is 8.80. The van der Waals surface area contributed by atoms with E-state index in [4.69, 9.17) is 9.72 Å². The van der Waals surface area contributed by atoms with E-state index >= 15 is 0 Å². The molecule has 0 amide bonds. The normalized spacial score (nSPS) is 13.5. The number of hydrogen-bond acceptors (Lipinski definition) is 7. The van der Waals surface area contributed by atoms with E-state index in [9.17, 15) is 10.1 Å². The maximum absolute atomic E-state index is 12.3. The van der Waals surface area contributed by atoms with Crippen molar-refractivity contribution in [2.24, 2.45) is 0 Å². The predicted molar refractivity (Wildman–Crippen MR) is 133 cm³/mol. The quantitative estimate of drug-likeness (QED) is 0.351. The largest absolute Gasteiger partial charge is 0.380 e. The number of aryl methyl sites for hydroxylation is 1. The number of rotatable bonds is 6. The van der Waals surface area contributed by atoms with Crippen LogP contribution in [0.2, 0.25) is 0 Å². The Labute approximate surface area is 206 Å². The number of carbonyl (C=O) groups excluding carboxylic acids is 1. The molecule has 4 aromatic heterocycles. The Morgan fingerprint density at radius 1 is 1.19 bits per heavy atom. The molecule has 10 nitrogen and oxygen atoms in total. The van der Waals surface area contributed by atoms with Gasteiger partial charge < -0.3 is 15.0 Å². The lowest BCUT2D eigenvalue weighted by atomic mass is 10.1. The number of aromatic amines is 1. The van der Waals surface area contributed by atoms with Gasteiger partial charge in [0.25, 0.3) is 0 Å². The molecule has 0 atom stereocenters. The maximum atomic E-state index is 12.3. The highest BCUT2D eigenvalue weighted by Gasteiger charge is 2.22. The smallest absolute Gasteiger partial charge is 0.166 e. The van der Waals surface area contributed by atoms with Gasteiger partial charge >= 0.3 is 0 Å². The van der Waals surface area contributed by atoms with Crippen molar-refractivity contribution >= 4 is 28.3 Å². The molecule has 1 saturated heterocycles. The van der Waals surface area contributed by atoms with Gasteiger partial charge in [-0.25, -0.2) is 14.6 Å². The monoisotopic (exact) mass is 478 g/mol. The van der Waals surface area contributed by atoms with E-state index in [1.165, 1.54) is 17.3 Å². The van der Waals surface area contributed by atoms with Crippen LogP contribution in [0.25, 0.3) is 22.7 Å². The van der Waals surface area contributed by atoms with Crippen LogP contribution in [0.15, 0.2) is 54.9 Å². The molecule has 0 radical (unpaired) electrons. The zero-order valence-corrected chi connectivity index (χ0v) is 19.7. The number of nitrogens with one attached hydrogen (secondary N) is 2. The molecule has 1 aliphatic heterocycles. The van der Waals surface area contributed by atoms with Crippen molar-refractivity contribution in [3.05, 3.63) is 77.5 Å².